The Morgan fingerprint density at radius 3 is 3.10 bits per heavy atom. The third-order valence-corrected chi connectivity index (χ3v) is 4.37. The van der Waals surface area contributed by atoms with Crippen LogP contribution < -0.4 is 5.73 Å². The zero-order chi connectivity index (χ0) is 14.5. The van der Waals surface area contributed by atoms with Crippen molar-refractivity contribution in [3.63, 3.8) is 0 Å². The van der Waals surface area contributed by atoms with Crippen molar-refractivity contribution in [1.29, 1.82) is 0 Å². The van der Waals surface area contributed by atoms with Crippen molar-refractivity contribution in [1.82, 2.24) is 4.90 Å². The van der Waals surface area contributed by atoms with Crippen LogP contribution in [0, 0.1) is 0 Å². The van der Waals surface area contributed by atoms with Gasteiger partial charge in [0, 0.05) is 25.4 Å². The first kappa shape index (κ1) is 15.3. The van der Waals surface area contributed by atoms with Crippen molar-refractivity contribution in [2.75, 3.05) is 25.4 Å². The zero-order valence-electron chi connectivity index (χ0n) is 11.8. The van der Waals surface area contributed by atoms with Gasteiger partial charge in [0.05, 0.1) is 16.1 Å². The molecule has 1 aromatic rings. The summed E-state index contributed by atoms with van der Waals surface area (Å²) >= 11 is 3.40. The topological polar surface area (TPSA) is 55.6 Å². The van der Waals surface area contributed by atoms with Crippen LogP contribution in [0.15, 0.2) is 22.7 Å². The molecule has 4 nitrogen and oxygen atoms in total. The summed E-state index contributed by atoms with van der Waals surface area (Å²) in [5, 5.41) is 0. The molecule has 1 saturated heterocycles. The number of nitrogen functional groups attached to an aromatic ring is 1. The van der Waals surface area contributed by atoms with Crippen molar-refractivity contribution < 1.29 is 9.53 Å². The number of anilines is 1. The highest BCUT2D eigenvalue weighted by Crippen LogP contribution is 2.26. The fourth-order valence-corrected chi connectivity index (χ4v) is 2.86. The van der Waals surface area contributed by atoms with Crippen LogP contribution in [0.2, 0.25) is 0 Å². The predicted molar refractivity (Wildman–Crippen MR) is 83.7 cm³/mol. The van der Waals surface area contributed by atoms with Gasteiger partial charge >= 0.3 is 0 Å². The fourth-order valence-electron chi connectivity index (χ4n) is 2.43. The first-order valence-corrected chi connectivity index (χ1v) is 7.87. The molecule has 1 heterocycles. The second-order valence-corrected chi connectivity index (χ2v) is 5.89. The minimum absolute atomic E-state index is 0.0222. The van der Waals surface area contributed by atoms with Crippen LogP contribution in [0.25, 0.3) is 0 Å². The Hall–Kier alpha value is -1.07. The highest BCUT2D eigenvalue weighted by molar-refractivity contribution is 9.10. The van der Waals surface area contributed by atoms with Crippen LogP contribution in [0.5, 0.6) is 0 Å². The minimum atomic E-state index is 0.0222. The summed E-state index contributed by atoms with van der Waals surface area (Å²) in [7, 11) is 0. The third kappa shape index (κ3) is 3.52. The molecule has 0 aliphatic carbocycles. The number of piperidine rings is 1. The predicted octanol–water partition coefficient (Wildman–Crippen LogP) is 3.06. The molecule has 2 N–H and O–H groups in total. The van der Waals surface area contributed by atoms with E-state index in [0.29, 0.717) is 22.3 Å². The second kappa shape index (κ2) is 7.09. The van der Waals surface area contributed by atoms with Gasteiger partial charge < -0.3 is 15.4 Å². The summed E-state index contributed by atoms with van der Waals surface area (Å²) in [6.45, 7) is 4.30. The molecule has 1 aromatic carbocycles. The molecule has 5 heteroatoms. The van der Waals surface area contributed by atoms with Crippen molar-refractivity contribution >= 4 is 27.5 Å². The van der Waals surface area contributed by atoms with Gasteiger partial charge in [0.15, 0.2) is 0 Å². The number of hydrogen-bond donors (Lipinski definition) is 1. The molecule has 1 fully saturated rings. The molecule has 20 heavy (non-hydrogen) atoms. The summed E-state index contributed by atoms with van der Waals surface area (Å²) < 4.78 is 6.45. The molecule has 110 valence electrons. The van der Waals surface area contributed by atoms with Gasteiger partial charge in [-0.2, -0.15) is 0 Å². The van der Waals surface area contributed by atoms with E-state index in [0.717, 1.165) is 32.4 Å². The van der Waals surface area contributed by atoms with Gasteiger partial charge in [-0.1, -0.05) is 13.0 Å². The molecule has 2 rings (SSSR count). The van der Waals surface area contributed by atoms with Gasteiger partial charge in [-0.15, -0.1) is 0 Å². The number of ether oxygens (including phenoxy) is 1. The number of halogens is 1. The van der Waals surface area contributed by atoms with E-state index in [9.17, 15) is 4.79 Å². The number of amides is 1. The maximum absolute atomic E-state index is 12.6. The molecule has 0 aromatic heterocycles. The Kier molecular flexibility index (Phi) is 5.43. The molecule has 0 bridgehead atoms. The molecule has 0 spiro atoms. The van der Waals surface area contributed by atoms with Crippen LogP contribution in [-0.4, -0.2) is 36.6 Å². The van der Waals surface area contributed by atoms with Gasteiger partial charge in [0.25, 0.3) is 5.91 Å². The number of likely N-dealkylation sites (tertiary alicyclic amines) is 1. The van der Waals surface area contributed by atoms with Crippen LogP contribution in [-0.2, 0) is 4.74 Å². The SMILES string of the molecule is CCCOC1CCCN(C(=O)c2cccc(N)c2Br)C1. The monoisotopic (exact) mass is 340 g/mol. The van der Waals surface area contributed by atoms with Crippen molar-refractivity contribution in [3.8, 4) is 0 Å². The fraction of sp³-hybridized carbons (Fsp3) is 0.533. The minimum Gasteiger partial charge on any atom is -0.398 e. The van der Waals surface area contributed by atoms with Gasteiger partial charge in [-0.25, -0.2) is 0 Å². The Balaban J connectivity index is 2.06. The van der Waals surface area contributed by atoms with E-state index in [-0.39, 0.29) is 12.0 Å². The zero-order valence-corrected chi connectivity index (χ0v) is 13.4. The van der Waals surface area contributed by atoms with E-state index in [1.165, 1.54) is 0 Å². The van der Waals surface area contributed by atoms with Crippen LogP contribution >= 0.6 is 15.9 Å². The molecule has 0 saturated carbocycles. The number of nitrogens with two attached hydrogens (primary N) is 1. The van der Waals surface area contributed by atoms with Gasteiger partial charge in [-0.3, -0.25) is 4.79 Å². The summed E-state index contributed by atoms with van der Waals surface area (Å²) in [4.78, 5) is 14.4. The van der Waals surface area contributed by atoms with Crippen LogP contribution in [0.4, 0.5) is 5.69 Å². The average Bonchev–Trinajstić information content (AvgIpc) is 2.47. The molecule has 1 atom stereocenters. The van der Waals surface area contributed by atoms with Crippen molar-refractivity contribution in [2.24, 2.45) is 0 Å². The summed E-state index contributed by atoms with van der Waals surface area (Å²) in [6, 6.07) is 5.39. The summed E-state index contributed by atoms with van der Waals surface area (Å²) in [5.41, 5.74) is 7.05. The standard InChI is InChI=1S/C15H21BrN2O2/c1-2-9-20-11-5-4-8-18(10-11)15(19)12-6-3-7-13(17)14(12)16/h3,6-7,11H,2,4-5,8-10,17H2,1H3. The number of carbonyl (C=O) groups excluding carboxylic acids is 1. The second-order valence-electron chi connectivity index (χ2n) is 5.09. The lowest BCUT2D eigenvalue weighted by molar-refractivity contribution is 0.00208. The van der Waals surface area contributed by atoms with E-state index >= 15 is 0 Å². The summed E-state index contributed by atoms with van der Waals surface area (Å²) in [6.07, 6.45) is 3.18. The van der Waals surface area contributed by atoms with Crippen molar-refractivity contribution in [2.45, 2.75) is 32.3 Å². The maximum atomic E-state index is 12.6. The van der Waals surface area contributed by atoms with E-state index < -0.39 is 0 Å². The van der Waals surface area contributed by atoms with E-state index in [4.69, 9.17) is 10.5 Å². The molecular formula is C15H21BrN2O2. The number of rotatable bonds is 4. The Bertz CT molecular complexity index is 479. The highest BCUT2D eigenvalue weighted by Gasteiger charge is 2.26. The van der Waals surface area contributed by atoms with Crippen molar-refractivity contribution in [3.05, 3.63) is 28.2 Å². The first-order chi connectivity index (χ1) is 9.63. The molecule has 1 unspecified atom stereocenters. The lowest BCUT2D eigenvalue weighted by Crippen LogP contribution is -2.43. The maximum Gasteiger partial charge on any atom is 0.255 e. The normalized spacial score (nSPS) is 19.1. The van der Waals surface area contributed by atoms with E-state index in [1.54, 1.807) is 12.1 Å². The highest BCUT2D eigenvalue weighted by atomic mass is 79.9. The number of hydrogen-bond acceptors (Lipinski definition) is 3. The number of benzene rings is 1. The van der Waals surface area contributed by atoms with E-state index in [2.05, 4.69) is 22.9 Å². The smallest absolute Gasteiger partial charge is 0.255 e. The van der Waals surface area contributed by atoms with Crippen LogP contribution in [0.1, 0.15) is 36.5 Å². The van der Waals surface area contributed by atoms with E-state index in [1.807, 2.05) is 11.0 Å². The number of nitrogens with zero attached hydrogens (tertiary/aromatic N) is 1. The van der Waals surface area contributed by atoms with Crippen LogP contribution in [0.3, 0.4) is 0 Å². The molecule has 0 radical (unpaired) electrons. The quantitative estimate of drug-likeness (QED) is 0.857. The Morgan fingerprint density at radius 1 is 1.55 bits per heavy atom. The molecule has 1 aliphatic heterocycles. The Labute approximate surface area is 128 Å². The lowest BCUT2D eigenvalue weighted by atomic mass is 10.1. The summed E-state index contributed by atoms with van der Waals surface area (Å²) in [5.74, 6) is 0.0222. The molecule has 1 amide bonds. The van der Waals surface area contributed by atoms with Gasteiger partial charge in [0.2, 0.25) is 0 Å². The largest absolute Gasteiger partial charge is 0.398 e. The lowest BCUT2D eigenvalue weighted by Gasteiger charge is -2.33. The average molecular weight is 341 g/mol. The number of carbonyl (C=O) groups is 1. The van der Waals surface area contributed by atoms with Gasteiger partial charge in [-0.05, 0) is 47.3 Å². The molecule has 1 aliphatic rings. The third-order valence-electron chi connectivity index (χ3n) is 3.48. The Morgan fingerprint density at radius 2 is 2.35 bits per heavy atom. The van der Waals surface area contributed by atoms with Gasteiger partial charge in [0.1, 0.15) is 0 Å². The first-order valence-electron chi connectivity index (χ1n) is 7.08. The molecular weight excluding hydrogens is 320 g/mol.